The number of nitrogens with zero attached hydrogens (tertiary/aromatic N) is 1. The van der Waals surface area contributed by atoms with E-state index < -0.39 is 6.80 Å². The van der Waals surface area contributed by atoms with E-state index in [1.807, 2.05) is 6.92 Å². The van der Waals surface area contributed by atoms with Gasteiger partial charge >= 0.3 is 6.80 Å². The highest BCUT2D eigenvalue weighted by molar-refractivity contribution is 9.11. The lowest BCUT2D eigenvalue weighted by molar-refractivity contribution is 0.215. The van der Waals surface area contributed by atoms with Crippen LogP contribution in [0, 0.1) is 0 Å². The monoisotopic (exact) mass is 473 g/mol. The standard InChI is InChI=1S/C13H18Br2NO4PS/c1-4-6-22-21(17,19-5-2)20-13-11(14)7-10(8-12(13)15)9-16-18-3/h7-9H,4-6H2,1-3H3. The molecule has 124 valence electrons. The van der Waals surface area contributed by atoms with Crippen molar-refractivity contribution >= 4 is 56.3 Å². The summed E-state index contributed by atoms with van der Waals surface area (Å²) in [5.74, 6) is 1.14. The van der Waals surface area contributed by atoms with Crippen LogP contribution in [0.1, 0.15) is 25.8 Å². The first kappa shape index (κ1) is 20.0. The van der Waals surface area contributed by atoms with Crippen molar-refractivity contribution in [3.05, 3.63) is 26.6 Å². The van der Waals surface area contributed by atoms with E-state index in [9.17, 15) is 4.57 Å². The molecule has 0 aliphatic heterocycles. The predicted octanol–water partition coefficient (Wildman–Crippen LogP) is 5.86. The Balaban J connectivity index is 3.04. The number of hydrogen-bond acceptors (Lipinski definition) is 6. The molecule has 0 saturated heterocycles. The van der Waals surface area contributed by atoms with Gasteiger partial charge in [-0.3, -0.25) is 4.52 Å². The lowest BCUT2D eigenvalue weighted by Crippen LogP contribution is -1.98. The number of oxime groups is 1. The van der Waals surface area contributed by atoms with Crippen LogP contribution in [0.15, 0.2) is 26.2 Å². The van der Waals surface area contributed by atoms with Crippen molar-refractivity contribution in [2.45, 2.75) is 20.3 Å². The van der Waals surface area contributed by atoms with Crippen LogP contribution in [0.2, 0.25) is 0 Å². The Morgan fingerprint density at radius 2 is 1.95 bits per heavy atom. The summed E-state index contributed by atoms with van der Waals surface area (Å²) in [7, 11) is 1.47. The van der Waals surface area contributed by atoms with E-state index in [1.165, 1.54) is 18.5 Å². The number of rotatable bonds is 9. The van der Waals surface area contributed by atoms with Gasteiger partial charge in [0.25, 0.3) is 0 Å². The Morgan fingerprint density at radius 3 is 2.45 bits per heavy atom. The molecule has 5 nitrogen and oxygen atoms in total. The molecule has 1 unspecified atom stereocenters. The van der Waals surface area contributed by atoms with Crippen molar-refractivity contribution in [1.82, 2.24) is 0 Å². The van der Waals surface area contributed by atoms with E-state index in [4.69, 9.17) is 9.05 Å². The van der Waals surface area contributed by atoms with E-state index in [2.05, 4.69) is 41.9 Å². The van der Waals surface area contributed by atoms with Crippen LogP contribution in [-0.2, 0) is 13.9 Å². The van der Waals surface area contributed by atoms with Gasteiger partial charge in [0.1, 0.15) is 7.11 Å². The first-order chi connectivity index (χ1) is 10.5. The molecule has 0 aromatic heterocycles. The molecule has 9 heteroatoms. The highest BCUT2D eigenvalue weighted by Gasteiger charge is 2.28. The SMILES string of the molecule is CCCSP(=O)(OCC)Oc1c(Br)cc(C=NOC)cc1Br. The molecule has 1 rings (SSSR count). The molecule has 1 aromatic rings. The zero-order valence-electron chi connectivity index (χ0n) is 12.5. The topological polar surface area (TPSA) is 57.1 Å². The van der Waals surface area contributed by atoms with Gasteiger partial charge in [-0.05, 0) is 74.3 Å². The number of hydrogen-bond donors (Lipinski definition) is 0. The zero-order valence-corrected chi connectivity index (χ0v) is 17.4. The first-order valence-corrected chi connectivity index (χ1v) is 11.3. The smallest absolute Gasteiger partial charge is 0.415 e. The summed E-state index contributed by atoms with van der Waals surface area (Å²) in [5.41, 5.74) is 0.806. The van der Waals surface area contributed by atoms with Gasteiger partial charge in [-0.2, -0.15) is 0 Å². The molecule has 1 atom stereocenters. The van der Waals surface area contributed by atoms with Crippen LogP contribution >= 0.6 is 50.0 Å². The summed E-state index contributed by atoms with van der Waals surface area (Å²) in [5, 5.41) is 3.71. The third-order valence-corrected chi connectivity index (χ3v) is 7.37. The fourth-order valence-electron chi connectivity index (χ4n) is 1.42. The molecule has 0 aliphatic carbocycles. The second-order valence-electron chi connectivity index (χ2n) is 4.02. The Bertz CT molecular complexity index is 548. The Kier molecular flexibility index (Phi) is 9.09. The number of benzene rings is 1. The van der Waals surface area contributed by atoms with Crippen LogP contribution in [0.3, 0.4) is 0 Å². The van der Waals surface area contributed by atoms with E-state index in [0.29, 0.717) is 27.1 Å². The third kappa shape index (κ3) is 6.24. The molecule has 0 bridgehead atoms. The molecule has 0 fully saturated rings. The largest absolute Gasteiger partial charge is 0.440 e. The van der Waals surface area contributed by atoms with Crippen molar-refractivity contribution in [2.75, 3.05) is 19.5 Å². The second-order valence-corrected chi connectivity index (χ2v) is 9.85. The van der Waals surface area contributed by atoms with Gasteiger partial charge < -0.3 is 9.36 Å². The average molecular weight is 475 g/mol. The number of halogens is 2. The maximum atomic E-state index is 12.7. The van der Waals surface area contributed by atoms with Crippen molar-refractivity contribution < 1.29 is 18.5 Å². The van der Waals surface area contributed by atoms with Crippen molar-refractivity contribution in [2.24, 2.45) is 5.16 Å². The van der Waals surface area contributed by atoms with E-state index in [0.717, 1.165) is 12.0 Å². The summed E-state index contributed by atoms with van der Waals surface area (Å²) in [6, 6.07) is 3.59. The molecule has 1 aromatic carbocycles. The highest BCUT2D eigenvalue weighted by Crippen LogP contribution is 2.61. The van der Waals surface area contributed by atoms with Crippen LogP contribution in [0.4, 0.5) is 0 Å². The molecule has 0 radical (unpaired) electrons. The van der Waals surface area contributed by atoms with Crippen LogP contribution in [-0.4, -0.2) is 25.7 Å². The van der Waals surface area contributed by atoms with Crippen molar-refractivity contribution in [3.63, 3.8) is 0 Å². The predicted molar refractivity (Wildman–Crippen MR) is 99.1 cm³/mol. The molecule has 0 aliphatic rings. The van der Waals surface area contributed by atoms with Gasteiger partial charge in [-0.1, -0.05) is 12.1 Å². The van der Waals surface area contributed by atoms with Crippen molar-refractivity contribution in [3.8, 4) is 5.75 Å². The van der Waals surface area contributed by atoms with E-state index in [-0.39, 0.29) is 0 Å². The minimum Gasteiger partial charge on any atom is -0.415 e. The van der Waals surface area contributed by atoms with Crippen LogP contribution in [0.5, 0.6) is 5.75 Å². The van der Waals surface area contributed by atoms with Gasteiger partial charge in [0.05, 0.1) is 21.8 Å². The normalized spacial score (nSPS) is 14.0. The zero-order chi connectivity index (χ0) is 16.6. The van der Waals surface area contributed by atoms with Crippen LogP contribution < -0.4 is 4.52 Å². The summed E-state index contributed by atoms with van der Waals surface area (Å²) < 4.78 is 25.1. The molecular weight excluding hydrogens is 457 g/mol. The van der Waals surface area contributed by atoms with Gasteiger partial charge in [-0.25, -0.2) is 4.57 Å². The van der Waals surface area contributed by atoms with E-state index >= 15 is 0 Å². The summed E-state index contributed by atoms with van der Waals surface area (Å²) in [4.78, 5) is 4.65. The molecule has 0 heterocycles. The summed E-state index contributed by atoms with van der Waals surface area (Å²) in [6.45, 7) is 0.873. The van der Waals surface area contributed by atoms with Gasteiger partial charge in [0.15, 0.2) is 5.75 Å². The van der Waals surface area contributed by atoms with Crippen LogP contribution in [0.25, 0.3) is 0 Å². The van der Waals surface area contributed by atoms with Gasteiger partial charge in [-0.15, -0.1) is 0 Å². The Labute approximate surface area is 151 Å². The minimum atomic E-state index is -3.25. The maximum Gasteiger partial charge on any atom is 0.440 e. The molecule has 0 amide bonds. The second kappa shape index (κ2) is 9.98. The molecule has 0 spiro atoms. The van der Waals surface area contributed by atoms with E-state index in [1.54, 1.807) is 25.3 Å². The molecule has 0 saturated carbocycles. The quantitative estimate of drug-likeness (QED) is 0.255. The van der Waals surface area contributed by atoms with Gasteiger partial charge in [0.2, 0.25) is 0 Å². The third-order valence-electron chi connectivity index (χ3n) is 2.27. The molecular formula is C13H18Br2NO4PS. The lowest BCUT2D eigenvalue weighted by Gasteiger charge is -2.19. The molecule has 22 heavy (non-hydrogen) atoms. The Hall–Kier alpha value is -0.0100. The fourth-order valence-corrected chi connectivity index (χ4v) is 6.51. The Morgan fingerprint density at radius 1 is 1.32 bits per heavy atom. The summed E-state index contributed by atoms with van der Waals surface area (Å²) in [6.07, 6.45) is 2.45. The average Bonchev–Trinajstić information content (AvgIpc) is 2.47. The lowest BCUT2D eigenvalue weighted by atomic mass is 10.2. The maximum absolute atomic E-state index is 12.7. The van der Waals surface area contributed by atoms with Crippen molar-refractivity contribution in [1.29, 1.82) is 0 Å². The molecule has 0 N–H and O–H groups in total. The first-order valence-electron chi connectivity index (χ1n) is 6.60. The van der Waals surface area contributed by atoms with Gasteiger partial charge in [0, 0.05) is 5.75 Å². The fraction of sp³-hybridized carbons (Fsp3) is 0.462. The summed E-state index contributed by atoms with van der Waals surface area (Å²) >= 11 is 8.04. The highest BCUT2D eigenvalue weighted by atomic mass is 79.9. The minimum absolute atomic E-state index is 0.321.